The number of hydrogen-bond acceptors (Lipinski definition) is 5. The van der Waals surface area contributed by atoms with Crippen molar-refractivity contribution in [2.45, 2.75) is 32.0 Å². The van der Waals surface area contributed by atoms with Crippen molar-refractivity contribution >= 4 is 17.7 Å². The van der Waals surface area contributed by atoms with Gasteiger partial charge in [-0.25, -0.2) is 0 Å². The van der Waals surface area contributed by atoms with Gasteiger partial charge in [0.25, 0.3) is 0 Å². The van der Waals surface area contributed by atoms with Crippen molar-refractivity contribution in [1.82, 2.24) is 19.7 Å². The first-order chi connectivity index (χ1) is 14.0. The van der Waals surface area contributed by atoms with E-state index in [1.165, 1.54) is 17.3 Å². The molecule has 152 valence electrons. The van der Waals surface area contributed by atoms with Gasteiger partial charge < -0.3 is 9.64 Å². The van der Waals surface area contributed by atoms with Gasteiger partial charge in [-0.1, -0.05) is 43.0 Å². The molecule has 0 aliphatic rings. The van der Waals surface area contributed by atoms with Crippen LogP contribution in [0.2, 0.25) is 0 Å². The van der Waals surface area contributed by atoms with Gasteiger partial charge in [0.05, 0.1) is 12.9 Å². The van der Waals surface area contributed by atoms with Crippen molar-refractivity contribution in [2.24, 2.45) is 0 Å². The average molecular weight is 411 g/mol. The van der Waals surface area contributed by atoms with Crippen LogP contribution in [0.15, 0.2) is 53.7 Å². The highest BCUT2D eigenvalue weighted by molar-refractivity contribution is 7.99. The summed E-state index contributed by atoms with van der Waals surface area (Å²) < 4.78 is 7.16. The Kier molecular flexibility index (Phi) is 6.93. The molecule has 0 aliphatic heterocycles. The summed E-state index contributed by atoms with van der Waals surface area (Å²) in [5.74, 6) is 1.92. The molecule has 0 N–H and O–H groups in total. The van der Waals surface area contributed by atoms with E-state index in [1.807, 2.05) is 42.8 Å². The second kappa shape index (κ2) is 9.60. The Morgan fingerprint density at radius 2 is 1.72 bits per heavy atom. The van der Waals surface area contributed by atoms with Crippen LogP contribution in [0.25, 0.3) is 5.69 Å². The molecular weight excluding hydrogens is 384 g/mol. The van der Waals surface area contributed by atoms with Crippen LogP contribution in [0.3, 0.4) is 0 Å². The van der Waals surface area contributed by atoms with Crippen LogP contribution in [-0.4, -0.2) is 45.5 Å². The van der Waals surface area contributed by atoms with E-state index >= 15 is 0 Å². The van der Waals surface area contributed by atoms with E-state index < -0.39 is 0 Å². The van der Waals surface area contributed by atoms with Gasteiger partial charge in [0.1, 0.15) is 11.6 Å². The second-order valence-corrected chi connectivity index (χ2v) is 7.71. The van der Waals surface area contributed by atoms with Crippen LogP contribution < -0.4 is 4.74 Å². The first-order valence-electron chi connectivity index (χ1n) is 9.52. The van der Waals surface area contributed by atoms with Crippen molar-refractivity contribution in [3.8, 4) is 11.4 Å². The normalized spacial score (nSPS) is 10.8. The number of benzene rings is 2. The predicted octanol–water partition coefficient (Wildman–Crippen LogP) is 3.90. The summed E-state index contributed by atoms with van der Waals surface area (Å²) >= 11 is 1.39. The first-order valence-corrected chi connectivity index (χ1v) is 10.5. The number of carbonyl (C=O) groups is 1. The Morgan fingerprint density at radius 3 is 2.34 bits per heavy atom. The maximum absolute atomic E-state index is 12.6. The Hall–Kier alpha value is -2.80. The minimum atomic E-state index is 0.0523. The molecule has 0 saturated heterocycles. The Labute approximate surface area is 175 Å². The molecule has 29 heavy (non-hydrogen) atoms. The van der Waals surface area contributed by atoms with Gasteiger partial charge in [0.2, 0.25) is 5.91 Å². The van der Waals surface area contributed by atoms with Crippen molar-refractivity contribution in [3.63, 3.8) is 0 Å². The zero-order chi connectivity index (χ0) is 20.8. The van der Waals surface area contributed by atoms with Gasteiger partial charge in [-0.05, 0) is 48.7 Å². The summed E-state index contributed by atoms with van der Waals surface area (Å²) in [5.41, 5.74) is 3.36. The fraction of sp³-hybridized carbons (Fsp3) is 0.318. The summed E-state index contributed by atoms with van der Waals surface area (Å²) in [6, 6.07) is 16.1. The fourth-order valence-electron chi connectivity index (χ4n) is 2.94. The van der Waals surface area contributed by atoms with Crippen LogP contribution in [0, 0.1) is 6.92 Å². The summed E-state index contributed by atoms with van der Waals surface area (Å²) in [6.45, 7) is 4.62. The minimum Gasteiger partial charge on any atom is -0.497 e. The Bertz CT molecular complexity index is 952. The van der Waals surface area contributed by atoms with Gasteiger partial charge >= 0.3 is 0 Å². The van der Waals surface area contributed by atoms with Gasteiger partial charge in [0, 0.05) is 19.3 Å². The van der Waals surface area contributed by atoms with Crippen molar-refractivity contribution in [3.05, 3.63) is 65.5 Å². The minimum absolute atomic E-state index is 0.0523. The maximum atomic E-state index is 12.6. The highest BCUT2D eigenvalue weighted by atomic mass is 32.2. The molecule has 0 fully saturated rings. The predicted molar refractivity (Wildman–Crippen MR) is 116 cm³/mol. The highest BCUT2D eigenvalue weighted by Gasteiger charge is 2.15. The van der Waals surface area contributed by atoms with Crippen molar-refractivity contribution < 1.29 is 9.53 Å². The molecule has 3 rings (SSSR count). The molecule has 1 amide bonds. The molecule has 1 aromatic heterocycles. The van der Waals surface area contributed by atoms with E-state index in [4.69, 9.17) is 4.74 Å². The van der Waals surface area contributed by atoms with Crippen LogP contribution >= 0.6 is 11.8 Å². The summed E-state index contributed by atoms with van der Waals surface area (Å²) in [7, 11) is 3.47. The monoisotopic (exact) mass is 410 g/mol. The average Bonchev–Trinajstić information content (AvgIpc) is 3.12. The molecule has 2 aromatic carbocycles. The van der Waals surface area contributed by atoms with Crippen LogP contribution in [0.4, 0.5) is 0 Å². The lowest BCUT2D eigenvalue weighted by Crippen LogP contribution is -2.27. The molecule has 7 heteroatoms. The van der Waals surface area contributed by atoms with E-state index in [2.05, 4.69) is 41.4 Å². The number of aromatic nitrogens is 3. The Morgan fingerprint density at radius 1 is 1.07 bits per heavy atom. The number of carbonyl (C=O) groups excluding carboxylic acids is 1. The van der Waals surface area contributed by atoms with E-state index in [1.54, 1.807) is 12.0 Å². The third kappa shape index (κ3) is 5.17. The number of thioether (sulfide) groups is 1. The smallest absolute Gasteiger partial charge is 0.233 e. The first kappa shape index (κ1) is 20.9. The molecule has 1 heterocycles. The number of ether oxygens (including phenoxy) is 1. The highest BCUT2D eigenvalue weighted by Crippen LogP contribution is 2.23. The third-order valence-corrected chi connectivity index (χ3v) is 5.64. The zero-order valence-corrected chi connectivity index (χ0v) is 18.1. The number of hydrogen-bond donors (Lipinski definition) is 0. The fourth-order valence-corrected chi connectivity index (χ4v) is 3.88. The summed E-state index contributed by atoms with van der Waals surface area (Å²) in [5, 5.41) is 9.12. The quantitative estimate of drug-likeness (QED) is 0.527. The molecule has 6 nitrogen and oxygen atoms in total. The van der Waals surface area contributed by atoms with Gasteiger partial charge in [0.15, 0.2) is 5.16 Å². The van der Waals surface area contributed by atoms with Crippen molar-refractivity contribution in [1.29, 1.82) is 0 Å². The summed E-state index contributed by atoms with van der Waals surface area (Å²) in [4.78, 5) is 14.4. The van der Waals surface area contributed by atoms with E-state index in [0.29, 0.717) is 17.5 Å². The number of rotatable bonds is 8. The number of amides is 1. The molecule has 0 atom stereocenters. The Balaban J connectivity index is 1.63. The summed E-state index contributed by atoms with van der Waals surface area (Å²) in [6.07, 6.45) is 1.01. The van der Waals surface area contributed by atoms with E-state index in [-0.39, 0.29) is 5.91 Å². The standard InChI is InChI=1S/C22H26N4O2S/c1-5-17-6-8-18(9-7-17)14-25(3)21(27)15-29-22-24-23-16(2)26(22)19-10-12-20(28-4)13-11-19/h6-13H,5,14-15H2,1-4H3. The number of aryl methyl sites for hydroxylation is 2. The SMILES string of the molecule is CCc1ccc(CN(C)C(=O)CSc2nnc(C)n2-c2ccc(OC)cc2)cc1. The number of methoxy groups -OCH3 is 1. The van der Waals surface area contributed by atoms with Crippen LogP contribution in [0.5, 0.6) is 5.75 Å². The second-order valence-electron chi connectivity index (χ2n) is 6.77. The molecule has 3 aromatic rings. The van der Waals surface area contributed by atoms with E-state index in [9.17, 15) is 4.79 Å². The molecule has 0 radical (unpaired) electrons. The zero-order valence-electron chi connectivity index (χ0n) is 17.3. The van der Waals surface area contributed by atoms with Gasteiger partial charge in [-0.15, -0.1) is 10.2 Å². The third-order valence-electron chi connectivity index (χ3n) is 4.73. The largest absolute Gasteiger partial charge is 0.497 e. The molecular formula is C22H26N4O2S. The van der Waals surface area contributed by atoms with Crippen molar-refractivity contribution in [2.75, 3.05) is 19.9 Å². The molecule has 0 saturated carbocycles. The molecule has 0 bridgehead atoms. The number of nitrogens with zero attached hydrogens (tertiary/aromatic N) is 4. The lowest BCUT2D eigenvalue weighted by atomic mass is 10.1. The maximum Gasteiger partial charge on any atom is 0.233 e. The molecule has 0 spiro atoms. The topological polar surface area (TPSA) is 60.2 Å². The van der Waals surface area contributed by atoms with Crippen LogP contribution in [-0.2, 0) is 17.8 Å². The van der Waals surface area contributed by atoms with Crippen LogP contribution in [0.1, 0.15) is 23.9 Å². The van der Waals surface area contributed by atoms with E-state index in [0.717, 1.165) is 29.2 Å². The molecule has 0 unspecified atom stereocenters. The van der Waals surface area contributed by atoms with Gasteiger partial charge in [-0.3, -0.25) is 9.36 Å². The van der Waals surface area contributed by atoms with Gasteiger partial charge in [-0.2, -0.15) is 0 Å². The molecule has 0 aliphatic carbocycles. The lowest BCUT2D eigenvalue weighted by molar-refractivity contribution is -0.127. The lowest BCUT2D eigenvalue weighted by Gasteiger charge is -2.17.